The number of pyridine rings is 1. The smallest absolute Gasteiger partial charge is 0.419 e. The van der Waals surface area contributed by atoms with Crippen molar-refractivity contribution in [2.75, 3.05) is 11.9 Å². The number of carbonyl (C=O) groups excluding carboxylic acids is 2. The molecule has 0 radical (unpaired) electrons. The monoisotopic (exact) mass is 556 g/mol. The van der Waals surface area contributed by atoms with Crippen molar-refractivity contribution in [3.8, 4) is 0 Å². The van der Waals surface area contributed by atoms with E-state index in [-0.39, 0.29) is 57.7 Å². The summed E-state index contributed by atoms with van der Waals surface area (Å²) in [4.78, 5) is 38.2. The summed E-state index contributed by atoms with van der Waals surface area (Å²) in [6, 6.07) is 2.62. The number of likely N-dealkylation sites (N-methyl/N-ethyl adjacent to an activating group) is 1. The van der Waals surface area contributed by atoms with Crippen molar-refractivity contribution in [2.45, 2.75) is 38.3 Å². The van der Waals surface area contributed by atoms with E-state index in [4.69, 9.17) is 4.74 Å². The first-order valence-corrected chi connectivity index (χ1v) is 11.1. The molecular weight excluding hydrogens is 540 g/mol. The molecule has 2 aromatic rings. The van der Waals surface area contributed by atoms with Gasteiger partial charge in [0.25, 0.3) is 5.56 Å². The van der Waals surface area contributed by atoms with E-state index in [1.54, 1.807) is 12.9 Å². The number of aliphatic hydroxyl groups is 1. The molecule has 1 aromatic carbocycles. The Balaban J connectivity index is 1.83. The number of cyclic esters (lactones) is 1. The number of hydrogen-bond donors (Lipinski definition) is 1. The maximum absolute atomic E-state index is 14.2. The quantitative estimate of drug-likeness (QED) is 0.353. The summed E-state index contributed by atoms with van der Waals surface area (Å²) in [6.45, 7) is 0.984. The maximum atomic E-state index is 14.2. The standard InChI is InChI=1S/C23H17BrF4N2O5/c1-3-22(34)14-4-5-30(20(32)13(14)10-35-21(22)33)8-18-19(24)12(9-31)11-6-16(25)15(23(26,27)28)7-17(11)29(18)2/h4-7,34H,3,8,10H2,1-2H3/t22-/m0/s1. The second-order valence-electron chi connectivity index (χ2n) is 8.07. The minimum atomic E-state index is -4.97. The highest BCUT2D eigenvalue weighted by molar-refractivity contribution is 9.12. The Bertz CT molecular complexity index is 1410. The van der Waals surface area contributed by atoms with Gasteiger partial charge >= 0.3 is 12.1 Å². The molecule has 2 aliphatic rings. The van der Waals surface area contributed by atoms with Gasteiger partial charge in [-0.05, 0) is 40.5 Å². The van der Waals surface area contributed by atoms with Gasteiger partial charge in [0.15, 0.2) is 5.60 Å². The minimum Gasteiger partial charge on any atom is -0.458 e. The van der Waals surface area contributed by atoms with Crippen molar-refractivity contribution in [3.05, 3.63) is 73.0 Å². The number of nitrogens with zero attached hydrogens (tertiary/aromatic N) is 2. The normalized spacial score (nSPS) is 19.8. The van der Waals surface area contributed by atoms with Crippen LogP contribution in [0, 0.1) is 5.82 Å². The number of carbonyl (C=O) groups is 1. The molecule has 4 rings (SSSR count). The molecule has 0 spiro atoms. The molecule has 0 fully saturated rings. The molecule has 0 saturated heterocycles. The van der Waals surface area contributed by atoms with Crippen molar-refractivity contribution in [2.24, 2.45) is 0 Å². The Morgan fingerprint density at radius 1 is 1.29 bits per heavy atom. The average molecular weight is 557 g/mol. The van der Waals surface area contributed by atoms with Gasteiger partial charge in [0.1, 0.15) is 18.4 Å². The summed E-state index contributed by atoms with van der Waals surface area (Å²) in [7, 11) is 1.41. The third kappa shape index (κ3) is 3.81. The zero-order valence-electron chi connectivity index (χ0n) is 18.3. The van der Waals surface area contributed by atoms with Crippen LogP contribution in [0.3, 0.4) is 0 Å². The summed E-state index contributed by atoms with van der Waals surface area (Å²) < 4.78 is 60.4. The van der Waals surface area contributed by atoms with Crippen LogP contribution < -0.4 is 10.5 Å². The van der Waals surface area contributed by atoms with Crippen molar-refractivity contribution in [1.29, 1.82) is 0 Å². The molecule has 184 valence electrons. The first kappa shape index (κ1) is 24.9. The summed E-state index contributed by atoms with van der Waals surface area (Å²) in [5.74, 6) is -0.777. The molecule has 1 aromatic heterocycles. The van der Waals surface area contributed by atoms with Crippen LogP contribution in [0.5, 0.6) is 0 Å². The molecule has 0 bridgehead atoms. The maximum Gasteiger partial charge on any atom is 0.419 e. The fraction of sp³-hybridized carbons (Fsp3) is 0.304. The van der Waals surface area contributed by atoms with Crippen LogP contribution in [0.15, 0.2) is 39.4 Å². The molecule has 7 nitrogen and oxygen atoms in total. The van der Waals surface area contributed by atoms with Crippen LogP contribution in [0.4, 0.5) is 23.2 Å². The van der Waals surface area contributed by atoms with Gasteiger partial charge < -0.3 is 19.3 Å². The van der Waals surface area contributed by atoms with Crippen molar-refractivity contribution in [1.82, 2.24) is 4.57 Å². The average Bonchev–Trinajstić information content (AvgIpc) is 2.79. The zero-order chi connectivity index (χ0) is 25.9. The molecule has 0 amide bonds. The number of fused-ring (bicyclic) bond motifs is 2. The molecule has 0 saturated carbocycles. The van der Waals surface area contributed by atoms with Crippen LogP contribution in [-0.4, -0.2) is 28.6 Å². The Morgan fingerprint density at radius 2 is 1.97 bits per heavy atom. The van der Waals surface area contributed by atoms with E-state index in [9.17, 15) is 37.1 Å². The molecule has 1 atom stereocenters. The number of aromatic nitrogens is 1. The Morgan fingerprint density at radius 3 is 2.57 bits per heavy atom. The Kier molecular flexibility index (Phi) is 6.03. The van der Waals surface area contributed by atoms with E-state index in [0.717, 1.165) is 0 Å². The predicted octanol–water partition coefficient (Wildman–Crippen LogP) is 3.63. The van der Waals surface area contributed by atoms with Gasteiger partial charge in [-0.15, -0.1) is 0 Å². The summed E-state index contributed by atoms with van der Waals surface area (Å²) in [5.41, 5.74) is -4.09. The van der Waals surface area contributed by atoms with Crippen LogP contribution >= 0.6 is 15.9 Å². The fourth-order valence-electron chi connectivity index (χ4n) is 4.22. The largest absolute Gasteiger partial charge is 0.458 e. The van der Waals surface area contributed by atoms with Crippen LogP contribution in [0.25, 0.3) is 5.57 Å². The fourth-order valence-corrected chi connectivity index (χ4v) is 4.91. The van der Waals surface area contributed by atoms with Gasteiger partial charge in [-0.2, -0.15) is 13.2 Å². The first-order valence-electron chi connectivity index (χ1n) is 10.3. The van der Waals surface area contributed by atoms with Crippen LogP contribution in [-0.2, 0) is 39.3 Å². The van der Waals surface area contributed by atoms with Gasteiger partial charge in [0.05, 0.1) is 39.1 Å². The highest BCUT2D eigenvalue weighted by atomic mass is 79.9. The van der Waals surface area contributed by atoms with Gasteiger partial charge in [0.2, 0.25) is 0 Å². The second-order valence-corrected chi connectivity index (χ2v) is 8.87. The van der Waals surface area contributed by atoms with E-state index in [1.807, 2.05) is 0 Å². The van der Waals surface area contributed by atoms with Gasteiger partial charge in [-0.25, -0.2) is 14.0 Å². The van der Waals surface area contributed by atoms with Gasteiger partial charge in [-0.1, -0.05) is 6.92 Å². The topological polar surface area (TPSA) is 88.8 Å². The molecule has 3 heterocycles. The molecule has 0 unspecified atom stereocenters. The lowest BCUT2D eigenvalue weighted by atomic mass is 9.87. The van der Waals surface area contributed by atoms with E-state index in [2.05, 4.69) is 15.9 Å². The van der Waals surface area contributed by atoms with E-state index >= 15 is 0 Å². The number of halogens is 5. The van der Waals surface area contributed by atoms with Gasteiger partial charge in [-0.3, -0.25) is 4.79 Å². The lowest BCUT2D eigenvalue weighted by Gasteiger charge is -2.33. The number of allylic oxidation sites excluding steroid dienone is 3. The van der Waals surface area contributed by atoms with Crippen molar-refractivity contribution >= 4 is 39.1 Å². The summed E-state index contributed by atoms with van der Waals surface area (Å²) in [5, 5.41) is 10.7. The van der Waals surface area contributed by atoms with Gasteiger partial charge in [0, 0.05) is 24.4 Å². The zero-order valence-corrected chi connectivity index (χ0v) is 19.9. The predicted molar refractivity (Wildman–Crippen MR) is 120 cm³/mol. The number of benzene rings is 1. The lowest BCUT2D eigenvalue weighted by Crippen LogP contribution is -2.44. The summed E-state index contributed by atoms with van der Waals surface area (Å²) >= 11 is 3.24. The third-order valence-electron chi connectivity index (χ3n) is 6.23. The second kappa shape index (κ2) is 8.47. The number of esters is 1. The SMILES string of the molecule is CC[C@@]1(O)C(=O)OCc2c1ccn(CC1=C(Br)C(=C=O)c3cc(F)c(C(F)(F)F)cc3N1C)c2=O. The van der Waals surface area contributed by atoms with E-state index < -0.39 is 34.7 Å². The first-order chi connectivity index (χ1) is 16.3. The molecule has 2 aliphatic heterocycles. The van der Waals surface area contributed by atoms with Crippen LogP contribution in [0.1, 0.15) is 35.6 Å². The number of alkyl halides is 3. The number of ether oxygens (including phenoxy) is 1. The molecule has 35 heavy (non-hydrogen) atoms. The molecular formula is C23H17BrF4N2O5. The molecule has 12 heteroatoms. The van der Waals surface area contributed by atoms with Crippen molar-refractivity contribution in [3.63, 3.8) is 0 Å². The van der Waals surface area contributed by atoms with E-state index in [1.165, 1.54) is 28.8 Å². The van der Waals surface area contributed by atoms with Crippen molar-refractivity contribution < 1.29 is 37.0 Å². The Labute approximate surface area is 204 Å². The number of hydrogen-bond acceptors (Lipinski definition) is 6. The van der Waals surface area contributed by atoms with E-state index in [0.29, 0.717) is 12.1 Å². The van der Waals surface area contributed by atoms with Crippen LogP contribution in [0.2, 0.25) is 0 Å². The Hall–Kier alpha value is -3.21. The third-order valence-corrected chi connectivity index (χ3v) is 7.08. The lowest BCUT2D eigenvalue weighted by molar-refractivity contribution is -0.172. The number of rotatable bonds is 3. The minimum absolute atomic E-state index is 0.0237. The molecule has 0 aliphatic carbocycles. The number of anilines is 1. The highest BCUT2D eigenvalue weighted by Crippen LogP contribution is 2.45. The summed E-state index contributed by atoms with van der Waals surface area (Å²) in [6.07, 6.45) is -3.66. The molecule has 1 N–H and O–H groups in total. The highest BCUT2D eigenvalue weighted by Gasteiger charge is 2.44.